The molecule has 3 N–H and O–H groups in total. The minimum atomic E-state index is -0.872. The Bertz CT molecular complexity index is 1260. The number of aliphatic hydroxyl groups is 2. The van der Waals surface area contributed by atoms with Gasteiger partial charge in [0, 0.05) is 6.42 Å². The standard InChI is InChI=1S/C70H129NO3/c1-3-5-7-9-11-13-15-17-19-21-23-25-27-28-29-30-31-32-33-34-35-36-37-38-39-40-41-42-44-46-48-50-52-54-56-58-60-62-64-66-70(74)71-68(67-72)69(73)65-63-61-59-57-55-53-51-49-47-45-43-26-24-22-20-18-16-14-12-10-8-6-4-2/h15,17,21,23,27-28,47,49,55,57,63,65,68-69,72-73H,3-14,16,18-20,22,24-26,29-46,48,50-54,56,58-62,64,66-67H2,1-2H3,(H,71,74)/b17-15-,23-21-,28-27-,49-47+,57-55+,65-63+. The van der Waals surface area contributed by atoms with Gasteiger partial charge in [0.1, 0.15) is 0 Å². The Balaban J connectivity index is 3.47. The molecule has 0 saturated carbocycles. The molecule has 2 unspecified atom stereocenters. The number of rotatable bonds is 61. The number of carbonyl (C=O) groups is 1. The predicted molar refractivity (Wildman–Crippen MR) is 331 cm³/mol. The van der Waals surface area contributed by atoms with Crippen molar-refractivity contribution in [1.82, 2.24) is 5.32 Å². The summed E-state index contributed by atoms with van der Waals surface area (Å²) < 4.78 is 0. The van der Waals surface area contributed by atoms with Crippen LogP contribution in [0.15, 0.2) is 72.9 Å². The first-order chi connectivity index (χ1) is 36.7. The number of carbonyl (C=O) groups excluding carboxylic acids is 1. The summed E-state index contributed by atoms with van der Waals surface area (Å²) in [7, 11) is 0. The third kappa shape index (κ3) is 60.7. The van der Waals surface area contributed by atoms with Gasteiger partial charge < -0.3 is 15.5 Å². The molecule has 0 aromatic carbocycles. The summed E-state index contributed by atoms with van der Waals surface area (Å²) in [5.41, 5.74) is 0. The Hall–Kier alpha value is -2.17. The highest BCUT2D eigenvalue weighted by Gasteiger charge is 2.18. The molecule has 0 radical (unpaired) electrons. The smallest absolute Gasteiger partial charge is 0.220 e. The highest BCUT2D eigenvalue weighted by Crippen LogP contribution is 2.18. The zero-order valence-electron chi connectivity index (χ0n) is 49.9. The molecule has 0 saturated heterocycles. The highest BCUT2D eigenvalue weighted by molar-refractivity contribution is 5.76. The fourth-order valence-electron chi connectivity index (χ4n) is 10.1. The molecule has 0 aliphatic heterocycles. The first-order valence-corrected chi connectivity index (χ1v) is 33.2. The van der Waals surface area contributed by atoms with Gasteiger partial charge in [-0.2, -0.15) is 0 Å². The van der Waals surface area contributed by atoms with E-state index in [0.717, 1.165) is 51.4 Å². The Morgan fingerprint density at radius 3 is 0.878 bits per heavy atom. The maximum Gasteiger partial charge on any atom is 0.220 e. The molecule has 4 nitrogen and oxygen atoms in total. The molecule has 74 heavy (non-hydrogen) atoms. The van der Waals surface area contributed by atoms with Gasteiger partial charge in [0.15, 0.2) is 0 Å². The number of nitrogens with one attached hydrogen (secondary N) is 1. The molecule has 432 valence electrons. The van der Waals surface area contributed by atoms with E-state index < -0.39 is 12.1 Å². The van der Waals surface area contributed by atoms with Crippen LogP contribution in [0.5, 0.6) is 0 Å². The van der Waals surface area contributed by atoms with Crippen molar-refractivity contribution < 1.29 is 15.0 Å². The van der Waals surface area contributed by atoms with Crippen LogP contribution >= 0.6 is 0 Å². The second-order valence-corrected chi connectivity index (χ2v) is 22.5. The number of unbranched alkanes of at least 4 members (excludes halogenated alkanes) is 44. The van der Waals surface area contributed by atoms with Gasteiger partial charge in [-0.1, -0.05) is 331 Å². The van der Waals surface area contributed by atoms with Gasteiger partial charge >= 0.3 is 0 Å². The van der Waals surface area contributed by atoms with Crippen LogP contribution < -0.4 is 5.32 Å². The molecule has 0 rings (SSSR count). The fraction of sp³-hybridized carbons (Fsp3) is 0.814. The predicted octanol–water partition coefficient (Wildman–Crippen LogP) is 22.5. The molecule has 4 heteroatoms. The average Bonchev–Trinajstić information content (AvgIpc) is 3.40. The topological polar surface area (TPSA) is 69.6 Å². The molecule has 0 fully saturated rings. The van der Waals surface area contributed by atoms with Gasteiger partial charge in [0.05, 0.1) is 18.8 Å². The molecule has 0 aliphatic carbocycles. The Labute approximate surface area is 463 Å². The number of allylic oxidation sites excluding steroid dienone is 11. The lowest BCUT2D eigenvalue weighted by molar-refractivity contribution is -0.123. The summed E-state index contributed by atoms with van der Waals surface area (Å²) in [5.74, 6) is -0.0731. The van der Waals surface area contributed by atoms with Crippen molar-refractivity contribution in [2.75, 3.05) is 6.61 Å². The molecule has 0 aromatic heterocycles. The Kier molecular flexibility index (Phi) is 63.2. The van der Waals surface area contributed by atoms with Crippen LogP contribution in [-0.4, -0.2) is 34.9 Å². The van der Waals surface area contributed by atoms with E-state index in [4.69, 9.17) is 0 Å². The van der Waals surface area contributed by atoms with E-state index in [-0.39, 0.29) is 12.5 Å². The summed E-state index contributed by atoms with van der Waals surface area (Å²) in [5, 5.41) is 23.2. The molecule has 0 heterocycles. The second kappa shape index (κ2) is 65.1. The molecule has 1 amide bonds. The van der Waals surface area contributed by atoms with Crippen LogP contribution in [-0.2, 0) is 4.79 Å². The molecular formula is C70H129NO3. The van der Waals surface area contributed by atoms with Crippen molar-refractivity contribution in [3.63, 3.8) is 0 Å². The number of amides is 1. The van der Waals surface area contributed by atoms with E-state index in [0.29, 0.717) is 6.42 Å². The number of hydrogen-bond donors (Lipinski definition) is 3. The van der Waals surface area contributed by atoms with Gasteiger partial charge in [-0.15, -0.1) is 0 Å². The van der Waals surface area contributed by atoms with Crippen molar-refractivity contribution in [2.24, 2.45) is 0 Å². The fourth-order valence-corrected chi connectivity index (χ4v) is 10.1. The first kappa shape index (κ1) is 71.8. The lowest BCUT2D eigenvalue weighted by Gasteiger charge is -2.19. The van der Waals surface area contributed by atoms with E-state index in [1.807, 2.05) is 6.08 Å². The second-order valence-electron chi connectivity index (χ2n) is 22.5. The van der Waals surface area contributed by atoms with Crippen molar-refractivity contribution in [1.29, 1.82) is 0 Å². The average molecular weight is 1030 g/mol. The van der Waals surface area contributed by atoms with Crippen LogP contribution in [0.2, 0.25) is 0 Å². The van der Waals surface area contributed by atoms with Crippen LogP contribution in [0.1, 0.15) is 348 Å². The molecule has 0 spiro atoms. The van der Waals surface area contributed by atoms with Gasteiger partial charge in [0.25, 0.3) is 0 Å². The molecular weight excluding hydrogens is 903 g/mol. The molecule has 0 aliphatic rings. The van der Waals surface area contributed by atoms with E-state index >= 15 is 0 Å². The van der Waals surface area contributed by atoms with E-state index in [9.17, 15) is 15.0 Å². The van der Waals surface area contributed by atoms with Gasteiger partial charge in [-0.05, 0) is 83.5 Å². The highest BCUT2D eigenvalue weighted by atomic mass is 16.3. The number of hydrogen-bond acceptors (Lipinski definition) is 3. The van der Waals surface area contributed by atoms with E-state index in [2.05, 4.69) is 79.9 Å². The van der Waals surface area contributed by atoms with Gasteiger partial charge in [-0.3, -0.25) is 4.79 Å². The molecule has 2 atom stereocenters. The lowest BCUT2D eigenvalue weighted by Crippen LogP contribution is -2.45. The van der Waals surface area contributed by atoms with Crippen molar-refractivity contribution in [2.45, 2.75) is 360 Å². The SMILES string of the molecule is CCCCCCC/C=C\C/C=C\C/C=C\CCCCCCCCCCCCCCCCCCCCCCCCCCC(=O)NC(CO)C(O)/C=C/CC/C=C/CC/C=C/CCCCCCCCCCCCCCC. The van der Waals surface area contributed by atoms with E-state index in [1.54, 1.807) is 6.08 Å². The zero-order valence-corrected chi connectivity index (χ0v) is 49.9. The minimum Gasteiger partial charge on any atom is -0.394 e. The first-order valence-electron chi connectivity index (χ1n) is 33.2. The minimum absolute atomic E-state index is 0.0731. The van der Waals surface area contributed by atoms with Crippen molar-refractivity contribution in [3.05, 3.63) is 72.9 Å². The van der Waals surface area contributed by atoms with Crippen LogP contribution in [0.25, 0.3) is 0 Å². The zero-order chi connectivity index (χ0) is 53.4. The monoisotopic (exact) mass is 1030 g/mol. The summed E-state index contributed by atoms with van der Waals surface area (Å²) in [4.78, 5) is 12.5. The largest absolute Gasteiger partial charge is 0.394 e. The summed E-state index contributed by atoms with van der Waals surface area (Å²) >= 11 is 0. The van der Waals surface area contributed by atoms with Crippen LogP contribution in [0.3, 0.4) is 0 Å². The van der Waals surface area contributed by atoms with Gasteiger partial charge in [0.2, 0.25) is 5.91 Å². The lowest BCUT2D eigenvalue weighted by atomic mass is 10.0. The summed E-state index contributed by atoms with van der Waals surface area (Å²) in [6, 6.07) is -0.648. The molecule has 0 bridgehead atoms. The maximum atomic E-state index is 12.5. The summed E-state index contributed by atoms with van der Waals surface area (Å²) in [6.07, 6.45) is 94.0. The molecule has 0 aromatic rings. The Morgan fingerprint density at radius 2 is 0.568 bits per heavy atom. The summed E-state index contributed by atoms with van der Waals surface area (Å²) in [6.45, 7) is 4.31. The van der Waals surface area contributed by atoms with Crippen molar-refractivity contribution >= 4 is 5.91 Å². The number of aliphatic hydroxyl groups excluding tert-OH is 2. The van der Waals surface area contributed by atoms with Crippen molar-refractivity contribution in [3.8, 4) is 0 Å². The third-order valence-electron chi connectivity index (χ3n) is 15.1. The van der Waals surface area contributed by atoms with Crippen LogP contribution in [0.4, 0.5) is 0 Å². The third-order valence-corrected chi connectivity index (χ3v) is 15.1. The Morgan fingerprint density at radius 1 is 0.324 bits per heavy atom. The quantitative estimate of drug-likeness (QED) is 0.0420. The van der Waals surface area contributed by atoms with Crippen LogP contribution in [0, 0.1) is 0 Å². The maximum absolute atomic E-state index is 12.5. The normalized spacial score (nSPS) is 13.2. The van der Waals surface area contributed by atoms with Gasteiger partial charge in [-0.25, -0.2) is 0 Å². The van der Waals surface area contributed by atoms with E-state index in [1.165, 1.54) is 276 Å².